The molecule has 0 unspecified atom stereocenters. The van der Waals surface area contributed by atoms with Crippen LogP contribution in [0.5, 0.6) is 0 Å². The first-order chi connectivity index (χ1) is 5.58. The Bertz CT molecular complexity index is 162. The third-order valence-electron chi connectivity index (χ3n) is 2.09. The maximum Gasteiger partial charge on any atom is 0.243 e. The molecule has 0 aromatic heterocycles. The summed E-state index contributed by atoms with van der Waals surface area (Å²) in [5, 5.41) is 12.3. The lowest BCUT2D eigenvalue weighted by Gasteiger charge is -2.24. The molecule has 0 aliphatic heterocycles. The van der Waals surface area contributed by atoms with Crippen molar-refractivity contribution in [3.05, 3.63) is 12.7 Å². The molecule has 0 fully saturated rings. The topological polar surface area (TPSA) is 49.3 Å². The summed E-state index contributed by atoms with van der Waals surface area (Å²) in [5.74, 6) is -0.240. The van der Waals surface area contributed by atoms with Crippen molar-refractivity contribution < 1.29 is 9.90 Å². The van der Waals surface area contributed by atoms with Crippen molar-refractivity contribution >= 4 is 5.91 Å². The molecule has 0 rings (SSSR count). The Labute approximate surface area is 73.5 Å². The number of carbonyl (C=O) groups excluding carboxylic acids is 1. The van der Waals surface area contributed by atoms with Crippen LogP contribution in [0, 0.1) is 0 Å². The molecular formula is C9H17NO2. The van der Waals surface area contributed by atoms with Gasteiger partial charge in [-0.3, -0.25) is 4.79 Å². The van der Waals surface area contributed by atoms with E-state index >= 15 is 0 Å². The summed E-state index contributed by atoms with van der Waals surface area (Å²) in [7, 11) is 0. The Hall–Kier alpha value is -0.830. The van der Waals surface area contributed by atoms with Crippen molar-refractivity contribution in [2.75, 3.05) is 6.54 Å². The normalized spacial score (nSPS) is 10.9. The number of amides is 1. The van der Waals surface area contributed by atoms with Crippen LogP contribution < -0.4 is 5.32 Å². The van der Waals surface area contributed by atoms with Crippen LogP contribution >= 0.6 is 0 Å². The fourth-order valence-corrected chi connectivity index (χ4v) is 0.824. The molecule has 3 heteroatoms. The average molecular weight is 171 g/mol. The molecule has 2 N–H and O–H groups in total. The van der Waals surface area contributed by atoms with Crippen molar-refractivity contribution in [1.82, 2.24) is 5.32 Å². The number of aliphatic hydroxyl groups is 1. The Morgan fingerprint density at radius 2 is 2.08 bits per heavy atom. The summed E-state index contributed by atoms with van der Waals surface area (Å²) in [6, 6.07) is 0. The van der Waals surface area contributed by atoms with Gasteiger partial charge in [0.25, 0.3) is 0 Å². The minimum absolute atomic E-state index is 0.240. The highest BCUT2D eigenvalue weighted by atomic mass is 16.3. The molecule has 0 heterocycles. The van der Waals surface area contributed by atoms with Crippen LogP contribution in [0.3, 0.4) is 0 Å². The third kappa shape index (κ3) is 3.53. The average Bonchev–Trinajstić information content (AvgIpc) is 2.13. The molecule has 0 bridgehead atoms. The van der Waals surface area contributed by atoms with E-state index in [9.17, 15) is 9.90 Å². The van der Waals surface area contributed by atoms with Crippen LogP contribution in [0.1, 0.15) is 26.7 Å². The highest BCUT2D eigenvalue weighted by Gasteiger charge is 2.21. The molecule has 0 aromatic rings. The fraction of sp³-hybridized carbons (Fsp3) is 0.667. The van der Waals surface area contributed by atoms with Gasteiger partial charge in [0.15, 0.2) is 0 Å². The van der Waals surface area contributed by atoms with E-state index in [1.165, 1.54) is 6.08 Å². The Balaban J connectivity index is 3.88. The fourth-order valence-electron chi connectivity index (χ4n) is 0.824. The zero-order chi connectivity index (χ0) is 9.61. The zero-order valence-electron chi connectivity index (χ0n) is 7.76. The maximum atomic E-state index is 10.8. The van der Waals surface area contributed by atoms with E-state index in [0.717, 1.165) is 0 Å². The second kappa shape index (κ2) is 4.93. The van der Waals surface area contributed by atoms with Gasteiger partial charge in [-0.15, -0.1) is 0 Å². The van der Waals surface area contributed by atoms with Crippen molar-refractivity contribution in [1.29, 1.82) is 0 Å². The van der Waals surface area contributed by atoms with Gasteiger partial charge in [-0.05, 0) is 18.9 Å². The molecule has 0 aliphatic rings. The second-order valence-electron chi connectivity index (χ2n) is 2.85. The van der Waals surface area contributed by atoms with Crippen molar-refractivity contribution in [3.8, 4) is 0 Å². The number of rotatable bonds is 5. The SMILES string of the molecule is C=CC(=O)NCC(O)(CC)CC. The largest absolute Gasteiger partial charge is 0.388 e. The van der Waals surface area contributed by atoms with Gasteiger partial charge in [-0.25, -0.2) is 0 Å². The summed E-state index contributed by atoms with van der Waals surface area (Å²) in [6.45, 7) is 7.40. The monoisotopic (exact) mass is 171 g/mol. The number of nitrogens with one attached hydrogen (secondary N) is 1. The lowest BCUT2D eigenvalue weighted by Crippen LogP contribution is -2.41. The quantitative estimate of drug-likeness (QED) is 0.602. The van der Waals surface area contributed by atoms with Gasteiger partial charge in [0.1, 0.15) is 0 Å². The molecule has 0 atom stereocenters. The van der Waals surface area contributed by atoms with Crippen LogP contribution in [-0.2, 0) is 4.79 Å². The molecule has 0 spiro atoms. The van der Waals surface area contributed by atoms with Crippen LogP contribution in [0.15, 0.2) is 12.7 Å². The van der Waals surface area contributed by atoms with Crippen LogP contribution in [-0.4, -0.2) is 23.2 Å². The Morgan fingerprint density at radius 1 is 1.58 bits per heavy atom. The zero-order valence-corrected chi connectivity index (χ0v) is 7.76. The molecule has 0 radical (unpaired) electrons. The molecule has 0 saturated carbocycles. The molecule has 0 aromatic carbocycles. The van der Waals surface area contributed by atoms with E-state index in [4.69, 9.17) is 0 Å². The first kappa shape index (κ1) is 11.2. The number of hydrogen-bond acceptors (Lipinski definition) is 2. The molecular weight excluding hydrogens is 154 g/mol. The van der Waals surface area contributed by atoms with Crippen LogP contribution in [0.4, 0.5) is 0 Å². The maximum absolute atomic E-state index is 10.8. The summed E-state index contributed by atoms with van der Waals surface area (Å²) in [4.78, 5) is 10.8. The van der Waals surface area contributed by atoms with Gasteiger partial charge in [-0.2, -0.15) is 0 Å². The standard InChI is InChI=1S/C9H17NO2/c1-4-8(11)10-7-9(12,5-2)6-3/h4,12H,1,5-7H2,2-3H3,(H,10,11). The van der Waals surface area contributed by atoms with Crippen LogP contribution in [0.25, 0.3) is 0 Å². The third-order valence-corrected chi connectivity index (χ3v) is 2.09. The first-order valence-corrected chi connectivity index (χ1v) is 4.20. The van der Waals surface area contributed by atoms with E-state index in [1.54, 1.807) is 0 Å². The van der Waals surface area contributed by atoms with E-state index in [-0.39, 0.29) is 5.91 Å². The summed E-state index contributed by atoms with van der Waals surface area (Å²) >= 11 is 0. The first-order valence-electron chi connectivity index (χ1n) is 4.20. The van der Waals surface area contributed by atoms with E-state index < -0.39 is 5.60 Å². The van der Waals surface area contributed by atoms with Gasteiger partial charge >= 0.3 is 0 Å². The number of carbonyl (C=O) groups is 1. The van der Waals surface area contributed by atoms with Crippen molar-refractivity contribution in [2.24, 2.45) is 0 Å². The van der Waals surface area contributed by atoms with Gasteiger partial charge in [-0.1, -0.05) is 20.4 Å². The van der Waals surface area contributed by atoms with E-state index in [1.807, 2.05) is 13.8 Å². The Morgan fingerprint density at radius 3 is 2.42 bits per heavy atom. The second-order valence-corrected chi connectivity index (χ2v) is 2.85. The van der Waals surface area contributed by atoms with Crippen molar-refractivity contribution in [2.45, 2.75) is 32.3 Å². The highest BCUT2D eigenvalue weighted by molar-refractivity contribution is 5.86. The highest BCUT2D eigenvalue weighted by Crippen LogP contribution is 2.12. The van der Waals surface area contributed by atoms with Crippen LogP contribution in [0.2, 0.25) is 0 Å². The lowest BCUT2D eigenvalue weighted by atomic mass is 9.98. The summed E-state index contributed by atoms with van der Waals surface area (Å²) in [6.07, 6.45) is 2.48. The molecule has 70 valence electrons. The van der Waals surface area contributed by atoms with Gasteiger partial charge in [0.05, 0.1) is 5.60 Å². The molecule has 3 nitrogen and oxygen atoms in total. The van der Waals surface area contributed by atoms with Gasteiger partial charge < -0.3 is 10.4 Å². The van der Waals surface area contributed by atoms with Gasteiger partial charge in [0.2, 0.25) is 5.91 Å². The summed E-state index contributed by atoms with van der Waals surface area (Å²) in [5.41, 5.74) is -0.765. The molecule has 0 saturated heterocycles. The van der Waals surface area contributed by atoms with E-state index in [2.05, 4.69) is 11.9 Å². The number of hydrogen-bond donors (Lipinski definition) is 2. The van der Waals surface area contributed by atoms with Crippen molar-refractivity contribution in [3.63, 3.8) is 0 Å². The molecule has 12 heavy (non-hydrogen) atoms. The Kier molecular flexibility index (Phi) is 4.59. The van der Waals surface area contributed by atoms with E-state index in [0.29, 0.717) is 19.4 Å². The summed E-state index contributed by atoms with van der Waals surface area (Å²) < 4.78 is 0. The predicted molar refractivity (Wildman–Crippen MR) is 48.7 cm³/mol. The van der Waals surface area contributed by atoms with Gasteiger partial charge in [0, 0.05) is 6.54 Å². The minimum atomic E-state index is -0.765. The minimum Gasteiger partial charge on any atom is -0.388 e. The lowest BCUT2D eigenvalue weighted by molar-refractivity contribution is -0.117. The molecule has 0 aliphatic carbocycles. The molecule has 1 amide bonds. The smallest absolute Gasteiger partial charge is 0.243 e. The predicted octanol–water partition coefficient (Wildman–Crippen LogP) is 0.840.